The molecule has 0 bridgehead atoms. The summed E-state index contributed by atoms with van der Waals surface area (Å²) in [5.41, 5.74) is 0.750. The fourth-order valence-electron chi connectivity index (χ4n) is 1.36. The predicted octanol–water partition coefficient (Wildman–Crippen LogP) is 0.349. The summed E-state index contributed by atoms with van der Waals surface area (Å²) in [6.45, 7) is 1.16. The Morgan fingerprint density at radius 3 is 2.88 bits per heavy atom. The highest BCUT2D eigenvalue weighted by atomic mass is 16.6. The van der Waals surface area contributed by atoms with E-state index in [0.29, 0.717) is 19.5 Å². The van der Waals surface area contributed by atoms with E-state index in [1.54, 1.807) is 7.05 Å². The van der Waals surface area contributed by atoms with Crippen LogP contribution in [-0.2, 0) is 18.4 Å². The van der Waals surface area contributed by atoms with Crippen LogP contribution in [0.15, 0.2) is 6.07 Å². The van der Waals surface area contributed by atoms with Crippen LogP contribution in [0, 0.1) is 10.1 Å². The average Bonchev–Trinajstić information content (AvgIpc) is 2.57. The molecule has 0 amide bonds. The SMILES string of the molecule is CN(CCC=O)Cc1cc([N+](=O)[O-])nn1C. The smallest absolute Gasteiger partial charge is 0.358 e. The lowest BCUT2D eigenvalue weighted by atomic mass is 10.3. The molecule has 0 aliphatic rings. The molecular formula is C9H14N4O3. The highest BCUT2D eigenvalue weighted by molar-refractivity contribution is 5.49. The van der Waals surface area contributed by atoms with Gasteiger partial charge >= 0.3 is 5.82 Å². The lowest BCUT2D eigenvalue weighted by Crippen LogP contribution is -2.20. The number of nitro groups is 1. The van der Waals surface area contributed by atoms with E-state index < -0.39 is 4.92 Å². The molecule has 1 rings (SSSR count). The molecule has 1 heterocycles. The number of rotatable bonds is 6. The minimum Gasteiger partial charge on any atom is -0.358 e. The van der Waals surface area contributed by atoms with Crippen molar-refractivity contribution in [3.8, 4) is 0 Å². The zero-order valence-corrected chi connectivity index (χ0v) is 9.29. The number of aromatic nitrogens is 2. The van der Waals surface area contributed by atoms with Gasteiger partial charge in [-0.3, -0.25) is 0 Å². The second-order valence-corrected chi connectivity index (χ2v) is 3.57. The second kappa shape index (κ2) is 5.36. The van der Waals surface area contributed by atoms with Gasteiger partial charge in [-0.25, -0.2) is 0 Å². The van der Waals surface area contributed by atoms with E-state index >= 15 is 0 Å². The van der Waals surface area contributed by atoms with Gasteiger partial charge < -0.3 is 19.8 Å². The van der Waals surface area contributed by atoms with Crippen molar-refractivity contribution >= 4 is 12.1 Å². The van der Waals surface area contributed by atoms with Crippen molar-refractivity contribution in [1.29, 1.82) is 0 Å². The van der Waals surface area contributed by atoms with Gasteiger partial charge in [0.15, 0.2) is 0 Å². The Labute approximate surface area is 92.8 Å². The molecular weight excluding hydrogens is 212 g/mol. The summed E-state index contributed by atoms with van der Waals surface area (Å²) in [7, 11) is 3.51. The van der Waals surface area contributed by atoms with Crippen LogP contribution in [0.2, 0.25) is 0 Å². The van der Waals surface area contributed by atoms with E-state index in [1.165, 1.54) is 10.7 Å². The predicted molar refractivity (Wildman–Crippen MR) is 56.9 cm³/mol. The molecule has 1 aromatic rings. The molecule has 0 saturated heterocycles. The number of aldehydes is 1. The Kier molecular flexibility index (Phi) is 4.12. The second-order valence-electron chi connectivity index (χ2n) is 3.57. The number of hydrogen-bond donors (Lipinski definition) is 0. The highest BCUT2D eigenvalue weighted by Crippen LogP contribution is 2.12. The lowest BCUT2D eigenvalue weighted by Gasteiger charge is -2.13. The molecule has 16 heavy (non-hydrogen) atoms. The lowest BCUT2D eigenvalue weighted by molar-refractivity contribution is -0.389. The zero-order valence-electron chi connectivity index (χ0n) is 9.29. The van der Waals surface area contributed by atoms with Crippen LogP contribution in [0.1, 0.15) is 12.1 Å². The quantitative estimate of drug-likeness (QED) is 0.397. The number of hydrogen-bond acceptors (Lipinski definition) is 5. The Morgan fingerprint density at radius 2 is 2.38 bits per heavy atom. The summed E-state index contributed by atoms with van der Waals surface area (Å²) in [4.78, 5) is 22.1. The largest absolute Gasteiger partial charge is 0.390 e. The van der Waals surface area contributed by atoms with E-state index in [9.17, 15) is 14.9 Å². The Bertz CT molecular complexity index is 388. The molecule has 0 atom stereocenters. The van der Waals surface area contributed by atoms with Crippen LogP contribution in [0.25, 0.3) is 0 Å². The standard InChI is InChI=1S/C9H14N4O3/c1-11(4-3-5-14)7-8-6-9(13(15)16)10-12(8)2/h5-6H,3-4,7H2,1-2H3. The maximum atomic E-state index is 10.5. The average molecular weight is 226 g/mol. The van der Waals surface area contributed by atoms with Crippen molar-refractivity contribution < 1.29 is 9.72 Å². The van der Waals surface area contributed by atoms with Crippen molar-refractivity contribution in [2.75, 3.05) is 13.6 Å². The van der Waals surface area contributed by atoms with Crippen LogP contribution < -0.4 is 0 Å². The maximum absolute atomic E-state index is 10.5. The number of carbonyl (C=O) groups excluding carboxylic acids is 1. The topological polar surface area (TPSA) is 81.3 Å². The van der Waals surface area contributed by atoms with Crippen molar-refractivity contribution in [2.45, 2.75) is 13.0 Å². The highest BCUT2D eigenvalue weighted by Gasteiger charge is 2.16. The molecule has 0 aromatic carbocycles. The maximum Gasteiger partial charge on any atom is 0.390 e. The van der Waals surface area contributed by atoms with Gasteiger partial charge in [-0.05, 0) is 12.0 Å². The first kappa shape index (κ1) is 12.3. The van der Waals surface area contributed by atoms with Gasteiger partial charge in [-0.2, -0.15) is 4.68 Å². The number of aryl methyl sites for hydroxylation is 1. The molecule has 0 aliphatic heterocycles. The summed E-state index contributed by atoms with van der Waals surface area (Å²) in [5.74, 6) is -0.152. The van der Waals surface area contributed by atoms with Gasteiger partial charge in [-0.15, -0.1) is 0 Å². The van der Waals surface area contributed by atoms with Gasteiger partial charge in [0.05, 0.1) is 23.9 Å². The van der Waals surface area contributed by atoms with Crippen LogP contribution in [0.5, 0.6) is 0 Å². The summed E-state index contributed by atoms with van der Waals surface area (Å²) < 4.78 is 1.48. The van der Waals surface area contributed by atoms with Crippen molar-refractivity contribution in [3.05, 3.63) is 21.9 Å². The van der Waals surface area contributed by atoms with Crippen LogP contribution in [0.4, 0.5) is 5.82 Å². The van der Waals surface area contributed by atoms with E-state index in [-0.39, 0.29) is 5.82 Å². The van der Waals surface area contributed by atoms with Crippen molar-refractivity contribution in [3.63, 3.8) is 0 Å². The molecule has 1 aromatic heterocycles. The van der Waals surface area contributed by atoms with Gasteiger partial charge in [0.1, 0.15) is 6.29 Å². The third-order valence-corrected chi connectivity index (χ3v) is 2.21. The first-order chi connectivity index (χ1) is 7.54. The molecule has 0 aliphatic carbocycles. The van der Waals surface area contributed by atoms with Crippen molar-refractivity contribution in [1.82, 2.24) is 14.7 Å². The summed E-state index contributed by atoms with van der Waals surface area (Å²) in [6, 6.07) is 1.44. The number of nitrogens with zero attached hydrogens (tertiary/aromatic N) is 4. The number of carbonyl (C=O) groups is 1. The van der Waals surface area contributed by atoms with E-state index in [0.717, 1.165) is 12.0 Å². The van der Waals surface area contributed by atoms with Crippen LogP contribution in [0.3, 0.4) is 0 Å². The molecule has 0 fully saturated rings. The fourth-order valence-corrected chi connectivity index (χ4v) is 1.36. The minimum atomic E-state index is -0.519. The molecule has 0 spiro atoms. The molecule has 0 N–H and O–H groups in total. The molecule has 0 unspecified atom stereocenters. The van der Waals surface area contributed by atoms with Crippen LogP contribution in [-0.4, -0.2) is 39.5 Å². The first-order valence-corrected chi connectivity index (χ1v) is 4.84. The molecule has 7 nitrogen and oxygen atoms in total. The monoisotopic (exact) mass is 226 g/mol. The third-order valence-electron chi connectivity index (χ3n) is 2.21. The van der Waals surface area contributed by atoms with E-state index in [4.69, 9.17) is 0 Å². The molecule has 88 valence electrons. The van der Waals surface area contributed by atoms with E-state index in [1.807, 2.05) is 11.9 Å². The van der Waals surface area contributed by atoms with Gasteiger partial charge in [0, 0.05) is 19.5 Å². The molecule has 0 saturated carbocycles. The normalized spacial score (nSPS) is 10.7. The minimum absolute atomic E-state index is 0.152. The Morgan fingerprint density at radius 1 is 1.69 bits per heavy atom. The summed E-state index contributed by atoms with van der Waals surface area (Å²) in [6.07, 6.45) is 1.30. The van der Waals surface area contributed by atoms with Gasteiger partial charge in [0.2, 0.25) is 0 Å². The third kappa shape index (κ3) is 3.13. The van der Waals surface area contributed by atoms with Gasteiger partial charge in [0.25, 0.3) is 0 Å². The van der Waals surface area contributed by atoms with Gasteiger partial charge in [-0.1, -0.05) is 0 Å². The summed E-state index contributed by atoms with van der Waals surface area (Å²) in [5, 5.41) is 14.3. The zero-order chi connectivity index (χ0) is 12.1. The Hall–Kier alpha value is -1.76. The molecule has 0 radical (unpaired) electrons. The first-order valence-electron chi connectivity index (χ1n) is 4.84. The summed E-state index contributed by atoms with van der Waals surface area (Å²) >= 11 is 0. The fraction of sp³-hybridized carbons (Fsp3) is 0.556. The Balaban J connectivity index is 2.66. The van der Waals surface area contributed by atoms with E-state index in [2.05, 4.69) is 5.10 Å². The van der Waals surface area contributed by atoms with Crippen molar-refractivity contribution in [2.24, 2.45) is 7.05 Å². The van der Waals surface area contributed by atoms with Crippen LogP contribution >= 0.6 is 0 Å². The molecule has 7 heteroatoms.